The van der Waals surface area contributed by atoms with E-state index >= 15 is 0 Å². The van der Waals surface area contributed by atoms with Crippen LogP contribution in [0.15, 0.2) is 23.7 Å². The Balaban J connectivity index is 2.35. The van der Waals surface area contributed by atoms with Gasteiger partial charge in [0.25, 0.3) is 0 Å². The molecular weight excluding hydrogens is 345 g/mol. The molecule has 2 N–H and O–H groups in total. The number of carbonyl (C=O) groups is 1. The van der Waals surface area contributed by atoms with Gasteiger partial charge in [0.2, 0.25) is 0 Å². The summed E-state index contributed by atoms with van der Waals surface area (Å²) in [5, 5.41) is 0.595. The average Bonchev–Trinajstić information content (AvgIpc) is 2.65. The van der Waals surface area contributed by atoms with Crippen LogP contribution in [0.2, 0.25) is 5.02 Å². The summed E-state index contributed by atoms with van der Waals surface area (Å²) >= 11 is 7.49. The zero-order valence-corrected chi connectivity index (χ0v) is 16.3. The minimum Gasteiger partial charge on any atom is -0.400 e. The van der Waals surface area contributed by atoms with Crippen molar-refractivity contribution in [3.63, 3.8) is 0 Å². The molecule has 4 nitrogen and oxygen atoms in total. The monoisotopic (exact) mass is 367 g/mol. The summed E-state index contributed by atoms with van der Waals surface area (Å²) < 4.78 is 12.2. The highest BCUT2D eigenvalue weighted by molar-refractivity contribution is 8.13. The molecule has 0 bridgehead atoms. The van der Waals surface area contributed by atoms with Crippen LogP contribution in [0.3, 0.4) is 0 Å². The number of benzene rings is 1. The number of nitrogen functional groups attached to an aromatic ring is 1. The third-order valence-corrected chi connectivity index (χ3v) is 5.58. The minimum atomic E-state index is -0.518. The predicted octanol–water partition coefficient (Wildman–Crippen LogP) is 4.22. The van der Waals surface area contributed by atoms with Gasteiger partial charge in [0.1, 0.15) is 0 Å². The Morgan fingerprint density at radius 3 is 2.38 bits per heavy atom. The number of hydrogen-bond donors (Lipinski definition) is 1. The largest absolute Gasteiger partial charge is 0.491 e. The van der Waals surface area contributed by atoms with E-state index in [9.17, 15) is 4.79 Å². The molecule has 1 aromatic rings. The molecule has 1 fully saturated rings. The van der Waals surface area contributed by atoms with Crippen molar-refractivity contribution in [2.45, 2.75) is 45.8 Å². The van der Waals surface area contributed by atoms with Crippen molar-refractivity contribution in [2.75, 3.05) is 11.5 Å². The van der Waals surface area contributed by atoms with Crippen molar-refractivity contribution in [1.82, 2.24) is 0 Å². The summed E-state index contributed by atoms with van der Waals surface area (Å²) in [4.78, 5) is 11.4. The molecule has 0 amide bonds. The van der Waals surface area contributed by atoms with Crippen molar-refractivity contribution < 1.29 is 14.1 Å². The first-order chi connectivity index (χ1) is 11.0. The second-order valence-electron chi connectivity index (χ2n) is 6.87. The van der Waals surface area contributed by atoms with Crippen LogP contribution in [0, 0.1) is 0 Å². The quantitative estimate of drug-likeness (QED) is 0.638. The Kier molecular flexibility index (Phi) is 5.75. The van der Waals surface area contributed by atoms with Crippen LogP contribution in [-0.4, -0.2) is 29.2 Å². The highest BCUT2D eigenvalue weighted by atomic mass is 35.5. The first-order valence-electron chi connectivity index (χ1n) is 7.76. The van der Waals surface area contributed by atoms with Crippen molar-refractivity contribution in [2.24, 2.45) is 0 Å². The number of anilines is 1. The minimum absolute atomic E-state index is 0.0424. The summed E-state index contributed by atoms with van der Waals surface area (Å²) in [6.07, 6.45) is 1.92. The van der Waals surface area contributed by atoms with Gasteiger partial charge in [-0.2, -0.15) is 0 Å². The number of nitrogens with two attached hydrogens (primary N) is 1. The molecular formula is C17H23BClNO3S. The average molecular weight is 368 g/mol. The Labute approximate surface area is 153 Å². The van der Waals surface area contributed by atoms with Crippen molar-refractivity contribution in [3.05, 3.63) is 34.3 Å². The van der Waals surface area contributed by atoms with Crippen LogP contribution >= 0.6 is 23.4 Å². The second kappa shape index (κ2) is 7.12. The van der Waals surface area contributed by atoms with Gasteiger partial charge in [-0.15, -0.1) is 0 Å². The van der Waals surface area contributed by atoms with E-state index in [0.717, 1.165) is 11.0 Å². The lowest BCUT2D eigenvalue weighted by atomic mass is 9.78. The fraction of sp³-hybridized carbons (Fsp3) is 0.471. The molecule has 0 aromatic heterocycles. The maximum Gasteiger partial charge on any atom is 0.491 e. The molecule has 1 aliphatic rings. The van der Waals surface area contributed by atoms with Gasteiger partial charge in [0.05, 0.1) is 11.2 Å². The number of rotatable bonds is 4. The molecule has 0 saturated carbocycles. The summed E-state index contributed by atoms with van der Waals surface area (Å²) in [7, 11) is -0.518. The molecule has 1 aromatic carbocycles. The lowest BCUT2D eigenvalue weighted by Crippen LogP contribution is -2.41. The van der Waals surface area contributed by atoms with Gasteiger partial charge in [0.15, 0.2) is 5.12 Å². The Morgan fingerprint density at radius 2 is 1.88 bits per heavy atom. The SMILES string of the molecule is CC(=O)SCC(=Cc1ccc(N)cc1Cl)B1OC(C)(C)C(C)(C)O1. The molecule has 0 radical (unpaired) electrons. The highest BCUT2D eigenvalue weighted by Crippen LogP contribution is 2.39. The van der Waals surface area contributed by atoms with Gasteiger partial charge in [-0.1, -0.05) is 35.5 Å². The van der Waals surface area contributed by atoms with Gasteiger partial charge in [0, 0.05) is 23.4 Å². The first-order valence-corrected chi connectivity index (χ1v) is 9.13. The molecule has 1 heterocycles. The molecule has 1 saturated heterocycles. The molecule has 7 heteroatoms. The van der Waals surface area contributed by atoms with Crippen LogP contribution in [-0.2, 0) is 14.1 Å². The molecule has 130 valence electrons. The van der Waals surface area contributed by atoms with Crippen LogP contribution in [0.4, 0.5) is 5.69 Å². The Morgan fingerprint density at radius 1 is 1.29 bits per heavy atom. The third-order valence-electron chi connectivity index (χ3n) is 4.36. The fourth-order valence-corrected chi connectivity index (χ4v) is 3.05. The first kappa shape index (κ1) is 19.4. The van der Waals surface area contributed by atoms with Crippen molar-refractivity contribution in [3.8, 4) is 0 Å². The molecule has 0 atom stereocenters. The maximum absolute atomic E-state index is 11.4. The smallest absolute Gasteiger partial charge is 0.400 e. The van der Waals surface area contributed by atoms with E-state index in [4.69, 9.17) is 26.6 Å². The molecule has 24 heavy (non-hydrogen) atoms. The molecule has 0 aliphatic carbocycles. The van der Waals surface area contributed by atoms with E-state index < -0.39 is 18.3 Å². The van der Waals surface area contributed by atoms with Crippen LogP contribution in [0.25, 0.3) is 6.08 Å². The van der Waals surface area contributed by atoms with Crippen LogP contribution in [0.5, 0.6) is 0 Å². The zero-order chi connectivity index (χ0) is 18.1. The van der Waals surface area contributed by atoms with Crippen molar-refractivity contribution >= 4 is 47.4 Å². The summed E-state index contributed by atoms with van der Waals surface area (Å²) in [5.41, 5.74) is 7.15. The number of carbonyl (C=O) groups excluding carboxylic acids is 1. The van der Waals surface area contributed by atoms with E-state index in [2.05, 4.69) is 0 Å². The molecule has 0 unspecified atom stereocenters. The van der Waals surface area contributed by atoms with Gasteiger partial charge >= 0.3 is 7.12 Å². The second-order valence-corrected chi connectivity index (χ2v) is 8.43. The Bertz CT molecular complexity index is 660. The zero-order valence-electron chi connectivity index (χ0n) is 14.7. The van der Waals surface area contributed by atoms with E-state index in [1.165, 1.54) is 11.8 Å². The normalized spacial score (nSPS) is 19.6. The predicted molar refractivity (Wildman–Crippen MR) is 103 cm³/mol. The number of hydrogen-bond acceptors (Lipinski definition) is 5. The van der Waals surface area contributed by atoms with Gasteiger partial charge in [-0.05, 0) is 50.9 Å². The van der Waals surface area contributed by atoms with E-state index in [1.54, 1.807) is 19.1 Å². The van der Waals surface area contributed by atoms with Gasteiger partial charge in [-0.25, -0.2) is 0 Å². The number of halogens is 1. The van der Waals surface area contributed by atoms with E-state index in [-0.39, 0.29) is 5.12 Å². The van der Waals surface area contributed by atoms with Crippen LogP contribution < -0.4 is 5.73 Å². The van der Waals surface area contributed by atoms with Crippen molar-refractivity contribution in [1.29, 1.82) is 0 Å². The number of thioether (sulfide) groups is 1. The fourth-order valence-electron chi connectivity index (χ4n) is 2.22. The molecule has 0 spiro atoms. The Hall–Kier alpha value is -0.945. The summed E-state index contributed by atoms with van der Waals surface area (Å²) in [5.74, 6) is 0.479. The van der Waals surface area contributed by atoms with Crippen LogP contribution in [0.1, 0.15) is 40.2 Å². The lowest BCUT2D eigenvalue weighted by Gasteiger charge is -2.32. The lowest BCUT2D eigenvalue weighted by molar-refractivity contribution is -0.109. The standard InChI is InChI=1S/C17H23BClNO3S/c1-11(21)24-10-13(8-12-6-7-14(20)9-15(12)19)18-22-16(2,3)17(4,5)23-18/h6-9H,10,20H2,1-5H3. The third kappa shape index (κ3) is 4.36. The van der Waals surface area contributed by atoms with E-state index in [0.29, 0.717) is 16.5 Å². The maximum atomic E-state index is 11.4. The summed E-state index contributed by atoms with van der Waals surface area (Å²) in [6, 6.07) is 5.34. The molecule has 1 aliphatic heterocycles. The van der Waals surface area contributed by atoms with E-state index in [1.807, 2.05) is 39.8 Å². The topological polar surface area (TPSA) is 61.6 Å². The highest BCUT2D eigenvalue weighted by Gasteiger charge is 2.52. The summed E-state index contributed by atoms with van der Waals surface area (Å²) in [6.45, 7) is 9.54. The van der Waals surface area contributed by atoms with Gasteiger partial charge in [-0.3, -0.25) is 4.79 Å². The molecule has 2 rings (SSSR count). The van der Waals surface area contributed by atoms with Gasteiger partial charge < -0.3 is 15.0 Å².